The van der Waals surface area contributed by atoms with Crippen molar-refractivity contribution in [1.82, 2.24) is 16.0 Å². The van der Waals surface area contributed by atoms with E-state index in [9.17, 15) is 9.59 Å². The zero-order valence-corrected chi connectivity index (χ0v) is 11.7. The Morgan fingerprint density at radius 2 is 1.61 bits per heavy atom. The van der Waals surface area contributed by atoms with Crippen LogP contribution in [0.5, 0.6) is 0 Å². The van der Waals surface area contributed by atoms with E-state index < -0.39 is 0 Å². The van der Waals surface area contributed by atoms with E-state index in [1.54, 1.807) is 13.8 Å². The van der Waals surface area contributed by atoms with Crippen LogP contribution >= 0.6 is 0 Å². The van der Waals surface area contributed by atoms with Gasteiger partial charge in [-0.3, -0.25) is 14.9 Å². The van der Waals surface area contributed by atoms with Crippen molar-refractivity contribution in [3.63, 3.8) is 0 Å². The molecular formula is C13H25N3O2. The maximum absolute atomic E-state index is 11.7. The lowest BCUT2D eigenvalue weighted by Crippen LogP contribution is -2.51. The van der Waals surface area contributed by atoms with E-state index in [1.165, 1.54) is 0 Å². The van der Waals surface area contributed by atoms with Gasteiger partial charge in [0.1, 0.15) is 0 Å². The first-order chi connectivity index (χ1) is 8.40. The molecule has 2 amide bonds. The van der Waals surface area contributed by atoms with Gasteiger partial charge in [0.25, 0.3) is 0 Å². The predicted molar refractivity (Wildman–Crippen MR) is 71.1 cm³/mol. The van der Waals surface area contributed by atoms with Gasteiger partial charge in [0.05, 0.1) is 12.1 Å². The molecule has 0 heterocycles. The molecule has 0 radical (unpaired) electrons. The average Bonchev–Trinajstić information content (AvgIpc) is 3.09. The van der Waals surface area contributed by atoms with Gasteiger partial charge in [0, 0.05) is 12.6 Å². The molecule has 0 aromatic heterocycles. The Hall–Kier alpha value is -1.10. The van der Waals surface area contributed by atoms with Gasteiger partial charge in [-0.15, -0.1) is 0 Å². The second-order valence-electron chi connectivity index (χ2n) is 5.53. The summed E-state index contributed by atoms with van der Waals surface area (Å²) in [4.78, 5) is 23.4. The van der Waals surface area contributed by atoms with Crippen molar-refractivity contribution in [2.24, 2.45) is 5.92 Å². The molecule has 0 saturated heterocycles. The summed E-state index contributed by atoms with van der Waals surface area (Å²) in [5.74, 6) is 0.340. The Labute approximate surface area is 109 Å². The molecule has 1 saturated carbocycles. The van der Waals surface area contributed by atoms with Crippen LogP contribution in [0.15, 0.2) is 0 Å². The topological polar surface area (TPSA) is 70.2 Å². The highest BCUT2D eigenvalue weighted by Crippen LogP contribution is 2.18. The summed E-state index contributed by atoms with van der Waals surface area (Å²) in [6.45, 7) is 8.31. The zero-order chi connectivity index (χ0) is 13.7. The molecule has 5 heteroatoms. The fourth-order valence-electron chi connectivity index (χ4n) is 1.54. The van der Waals surface area contributed by atoms with Gasteiger partial charge in [0.2, 0.25) is 11.8 Å². The Bertz CT molecular complexity index is 301. The van der Waals surface area contributed by atoms with Crippen molar-refractivity contribution in [2.45, 2.75) is 58.7 Å². The van der Waals surface area contributed by atoms with Crippen molar-refractivity contribution in [3.8, 4) is 0 Å². The van der Waals surface area contributed by atoms with Crippen LogP contribution in [-0.2, 0) is 9.59 Å². The lowest BCUT2D eigenvalue weighted by atomic mass is 10.2. The summed E-state index contributed by atoms with van der Waals surface area (Å²) < 4.78 is 0. The highest BCUT2D eigenvalue weighted by molar-refractivity contribution is 5.85. The molecule has 18 heavy (non-hydrogen) atoms. The third-order valence-electron chi connectivity index (χ3n) is 2.89. The van der Waals surface area contributed by atoms with Gasteiger partial charge >= 0.3 is 0 Å². The van der Waals surface area contributed by atoms with E-state index in [0.717, 1.165) is 12.8 Å². The van der Waals surface area contributed by atoms with Crippen LogP contribution in [0.3, 0.4) is 0 Å². The molecule has 5 nitrogen and oxygen atoms in total. The van der Waals surface area contributed by atoms with Gasteiger partial charge in [-0.05, 0) is 32.6 Å². The second kappa shape index (κ2) is 6.73. The van der Waals surface area contributed by atoms with Gasteiger partial charge in [0.15, 0.2) is 0 Å². The van der Waals surface area contributed by atoms with Crippen molar-refractivity contribution in [2.75, 3.05) is 6.54 Å². The molecule has 1 aliphatic carbocycles. The minimum absolute atomic E-state index is 0.0268. The summed E-state index contributed by atoms with van der Waals surface area (Å²) in [6.07, 6.45) is 2.14. The molecule has 0 aliphatic heterocycles. The summed E-state index contributed by atoms with van der Waals surface area (Å²) in [5.41, 5.74) is 0. The van der Waals surface area contributed by atoms with Crippen LogP contribution in [0.4, 0.5) is 0 Å². The number of carbonyl (C=O) groups excluding carboxylic acids is 2. The predicted octanol–water partition coefficient (Wildman–Crippen LogP) is 0.404. The molecule has 3 N–H and O–H groups in total. The summed E-state index contributed by atoms with van der Waals surface area (Å²) >= 11 is 0. The van der Waals surface area contributed by atoms with E-state index in [2.05, 4.69) is 16.0 Å². The van der Waals surface area contributed by atoms with Crippen LogP contribution in [0.2, 0.25) is 0 Å². The van der Waals surface area contributed by atoms with E-state index in [0.29, 0.717) is 18.5 Å². The molecule has 0 bridgehead atoms. The number of hydrogen-bond acceptors (Lipinski definition) is 3. The first-order valence-electron chi connectivity index (χ1n) is 6.74. The van der Waals surface area contributed by atoms with Gasteiger partial charge < -0.3 is 10.6 Å². The Kier molecular flexibility index (Phi) is 5.59. The first kappa shape index (κ1) is 15.0. The van der Waals surface area contributed by atoms with Crippen molar-refractivity contribution in [3.05, 3.63) is 0 Å². The molecule has 2 unspecified atom stereocenters. The number of amides is 2. The third-order valence-corrected chi connectivity index (χ3v) is 2.89. The quantitative estimate of drug-likeness (QED) is 0.617. The van der Waals surface area contributed by atoms with Crippen molar-refractivity contribution in [1.29, 1.82) is 0 Å². The molecule has 0 aromatic carbocycles. The molecular weight excluding hydrogens is 230 g/mol. The average molecular weight is 255 g/mol. The number of nitrogens with one attached hydrogen (secondary N) is 3. The lowest BCUT2D eigenvalue weighted by Gasteiger charge is -2.19. The van der Waals surface area contributed by atoms with Gasteiger partial charge in [-0.25, -0.2) is 0 Å². The Morgan fingerprint density at radius 3 is 2.11 bits per heavy atom. The fourth-order valence-corrected chi connectivity index (χ4v) is 1.54. The standard InChI is InChI=1S/C13H25N3O2/c1-8(2)7-14-12(17)9(3)15-10(4)13(18)16-11-5-6-11/h8-11,15H,5-7H2,1-4H3,(H,14,17)(H,16,18). The zero-order valence-electron chi connectivity index (χ0n) is 11.7. The van der Waals surface area contributed by atoms with Gasteiger partial charge in [-0.1, -0.05) is 13.8 Å². The van der Waals surface area contributed by atoms with E-state index >= 15 is 0 Å². The Balaban J connectivity index is 2.26. The molecule has 0 spiro atoms. The normalized spacial score (nSPS) is 18.3. The van der Waals surface area contributed by atoms with Crippen LogP contribution in [-0.4, -0.2) is 36.5 Å². The van der Waals surface area contributed by atoms with Gasteiger partial charge in [-0.2, -0.15) is 0 Å². The highest BCUT2D eigenvalue weighted by Gasteiger charge is 2.26. The molecule has 1 rings (SSSR count). The van der Waals surface area contributed by atoms with Crippen molar-refractivity contribution >= 4 is 11.8 Å². The van der Waals surface area contributed by atoms with Crippen molar-refractivity contribution < 1.29 is 9.59 Å². The SMILES string of the molecule is CC(C)CNC(=O)C(C)NC(C)C(=O)NC1CC1. The monoisotopic (exact) mass is 255 g/mol. The second-order valence-corrected chi connectivity index (χ2v) is 5.53. The maximum Gasteiger partial charge on any atom is 0.237 e. The first-order valence-corrected chi connectivity index (χ1v) is 6.74. The summed E-state index contributed by atoms with van der Waals surface area (Å²) in [7, 11) is 0. The summed E-state index contributed by atoms with van der Waals surface area (Å²) in [5, 5.41) is 8.77. The lowest BCUT2D eigenvalue weighted by molar-refractivity contribution is -0.125. The van der Waals surface area contributed by atoms with E-state index in [1.807, 2.05) is 13.8 Å². The smallest absolute Gasteiger partial charge is 0.237 e. The third kappa shape index (κ3) is 5.49. The molecule has 1 aliphatic rings. The van der Waals surface area contributed by atoms with Crippen LogP contribution in [0.25, 0.3) is 0 Å². The fraction of sp³-hybridized carbons (Fsp3) is 0.846. The number of carbonyl (C=O) groups is 2. The Morgan fingerprint density at radius 1 is 1.06 bits per heavy atom. The molecule has 2 atom stereocenters. The van der Waals surface area contributed by atoms with E-state index in [4.69, 9.17) is 0 Å². The summed E-state index contributed by atoms with van der Waals surface area (Å²) in [6, 6.07) is -0.346. The van der Waals surface area contributed by atoms with Crippen LogP contribution < -0.4 is 16.0 Å². The maximum atomic E-state index is 11.7. The molecule has 104 valence electrons. The van der Waals surface area contributed by atoms with Crippen LogP contribution in [0, 0.1) is 5.92 Å². The molecule has 0 aromatic rings. The highest BCUT2D eigenvalue weighted by atomic mass is 16.2. The number of hydrogen-bond donors (Lipinski definition) is 3. The van der Waals surface area contributed by atoms with Crippen LogP contribution in [0.1, 0.15) is 40.5 Å². The van der Waals surface area contributed by atoms with E-state index in [-0.39, 0.29) is 23.9 Å². The largest absolute Gasteiger partial charge is 0.354 e. The minimum atomic E-state index is -0.358. The minimum Gasteiger partial charge on any atom is -0.354 e. The number of rotatable bonds is 7. The molecule has 1 fully saturated rings.